The van der Waals surface area contributed by atoms with E-state index in [-0.39, 0.29) is 24.0 Å². The summed E-state index contributed by atoms with van der Waals surface area (Å²) >= 11 is 0. The van der Waals surface area contributed by atoms with Gasteiger partial charge in [0.05, 0.1) is 13.2 Å². The summed E-state index contributed by atoms with van der Waals surface area (Å²) in [7, 11) is 1.66. The van der Waals surface area contributed by atoms with Crippen LogP contribution >= 0.6 is 24.0 Å². The molecular formula is C21H30IN3O2. The summed E-state index contributed by atoms with van der Waals surface area (Å²) in [6.07, 6.45) is 1.90. The average Bonchev–Trinajstić information content (AvgIpc) is 2.67. The highest BCUT2D eigenvalue weighted by Crippen LogP contribution is 2.22. The summed E-state index contributed by atoms with van der Waals surface area (Å²) < 4.78 is 10.5. The van der Waals surface area contributed by atoms with Crippen LogP contribution in [0.15, 0.2) is 47.5 Å². The molecule has 3 N–H and O–H groups in total. The molecule has 5 nitrogen and oxygen atoms in total. The lowest BCUT2D eigenvalue weighted by atomic mass is 10.0. The van der Waals surface area contributed by atoms with Gasteiger partial charge in [0.1, 0.15) is 12.4 Å². The normalized spacial score (nSPS) is 11.0. The Hall–Kier alpha value is -1.80. The molecule has 6 heteroatoms. The number of nitrogens with one attached hydrogen (secondary N) is 1. The molecule has 0 bridgehead atoms. The second-order valence-corrected chi connectivity index (χ2v) is 5.97. The molecule has 2 rings (SSSR count). The molecule has 0 spiro atoms. The molecule has 0 aliphatic heterocycles. The number of aryl methyl sites for hydroxylation is 2. The fraction of sp³-hybridized carbons (Fsp3) is 0.381. The van der Waals surface area contributed by atoms with Crippen LogP contribution < -0.4 is 15.8 Å². The van der Waals surface area contributed by atoms with Crippen LogP contribution in [0.5, 0.6) is 5.75 Å². The van der Waals surface area contributed by atoms with E-state index in [1.165, 1.54) is 11.1 Å². The standard InChI is InChI=1S/C21H29N3O2.HI/c1-4-17-7-6-8-18(5-2)20(17)24-21(22)23-15-16-9-11-19(12-10-16)26-14-13-25-3;/h6-12H,4-5,13-15H2,1-3H3,(H3,22,23,24);1H. The van der Waals surface area contributed by atoms with Gasteiger partial charge < -0.3 is 20.5 Å². The van der Waals surface area contributed by atoms with E-state index in [1.54, 1.807) is 7.11 Å². The van der Waals surface area contributed by atoms with Crippen molar-refractivity contribution in [3.05, 3.63) is 59.2 Å². The van der Waals surface area contributed by atoms with E-state index in [2.05, 4.69) is 42.4 Å². The molecule has 0 aliphatic rings. The molecule has 0 aromatic heterocycles. The molecule has 27 heavy (non-hydrogen) atoms. The van der Waals surface area contributed by atoms with Crippen LogP contribution in [0.3, 0.4) is 0 Å². The van der Waals surface area contributed by atoms with Crippen molar-refractivity contribution in [3.8, 4) is 5.75 Å². The van der Waals surface area contributed by atoms with Crippen LogP contribution in [0.1, 0.15) is 30.5 Å². The Morgan fingerprint density at radius 2 is 1.63 bits per heavy atom. The minimum atomic E-state index is 0. The number of methoxy groups -OCH3 is 1. The van der Waals surface area contributed by atoms with E-state index in [0.29, 0.717) is 25.7 Å². The van der Waals surface area contributed by atoms with E-state index in [0.717, 1.165) is 29.8 Å². The molecule has 0 unspecified atom stereocenters. The first-order valence-electron chi connectivity index (χ1n) is 9.06. The second kappa shape index (κ2) is 12.6. The van der Waals surface area contributed by atoms with Crippen molar-refractivity contribution in [2.45, 2.75) is 33.2 Å². The third-order valence-corrected chi connectivity index (χ3v) is 4.16. The van der Waals surface area contributed by atoms with Crippen LogP contribution in [-0.4, -0.2) is 26.3 Å². The average molecular weight is 483 g/mol. The van der Waals surface area contributed by atoms with Crippen molar-refractivity contribution >= 4 is 35.6 Å². The molecule has 0 fully saturated rings. The lowest BCUT2D eigenvalue weighted by molar-refractivity contribution is 0.146. The molecule has 0 radical (unpaired) electrons. The summed E-state index contributed by atoms with van der Waals surface area (Å²) in [5, 5.41) is 3.29. The predicted molar refractivity (Wildman–Crippen MR) is 123 cm³/mol. The Kier molecular flexibility index (Phi) is 10.8. The van der Waals surface area contributed by atoms with Gasteiger partial charge in [-0.25, -0.2) is 4.99 Å². The lowest BCUT2D eigenvalue weighted by Gasteiger charge is -2.14. The van der Waals surface area contributed by atoms with E-state index < -0.39 is 0 Å². The van der Waals surface area contributed by atoms with Crippen LogP contribution in [0.2, 0.25) is 0 Å². The Bertz CT molecular complexity index is 696. The molecular weight excluding hydrogens is 453 g/mol. The number of hydrogen-bond donors (Lipinski definition) is 2. The van der Waals surface area contributed by atoms with Gasteiger partial charge in [-0.15, -0.1) is 24.0 Å². The third kappa shape index (κ3) is 7.38. The van der Waals surface area contributed by atoms with Gasteiger partial charge in [-0.2, -0.15) is 0 Å². The lowest BCUT2D eigenvalue weighted by Crippen LogP contribution is -2.24. The van der Waals surface area contributed by atoms with Gasteiger partial charge in [-0.1, -0.05) is 44.2 Å². The number of halogens is 1. The molecule has 2 aromatic rings. The van der Waals surface area contributed by atoms with Crippen molar-refractivity contribution in [1.29, 1.82) is 0 Å². The molecule has 0 saturated carbocycles. The summed E-state index contributed by atoms with van der Waals surface area (Å²) in [5.74, 6) is 1.26. The highest BCUT2D eigenvalue weighted by atomic mass is 127. The van der Waals surface area contributed by atoms with Crippen molar-refractivity contribution < 1.29 is 9.47 Å². The number of hydrogen-bond acceptors (Lipinski definition) is 3. The molecule has 0 atom stereocenters. The van der Waals surface area contributed by atoms with E-state index in [9.17, 15) is 0 Å². The van der Waals surface area contributed by atoms with E-state index >= 15 is 0 Å². The maximum Gasteiger partial charge on any atom is 0.193 e. The zero-order chi connectivity index (χ0) is 18.8. The number of guanidine groups is 1. The fourth-order valence-electron chi connectivity index (χ4n) is 2.68. The van der Waals surface area contributed by atoms with Crippen LogP contribution in [0.4, 0.5) is 5.69 Å². The fourth-order valence-corrected chi connectivity index (χ4v) is 2.68. The third-order valence-electron chi connectivity index (χ3n) is 4.16. The van der Waals surface area contributed by atoms with Crippen molar-refractivity contribution in [1.82, 2.24) is 0 Å². The Morgan fingerprint density at radius 3 is 2.19 bits per heavy atom. The van der Waals surface area contributed by atoms with Gasteiger partial charge in [0.25, 0.3) is 0 Å². The molecule has 0 saturated heterocycles. The summed E-state index contributed by atoms with van der Waals surface area (Å²) in [4.78, 5) is 4.47. The number of nitrogens with two attached hydrogens (primary N) is 1. The second-order valence-electron chi connectivity index (χ2n) is 5.97. The largest absolute Gasteiger partial charge is 0.491 e. The highest BCUT2D eigenvalue weighted by Gasteiger charge is 2.07. The van der Waals surface area contributed by atoms with Crippen LogP contribution in [-0.2, 0) is 24.1 Å². The Morgan fingerprint density at radius 1 is 1.00 bits per heavy atom. The van der Waals surface area contributed by atoms with Crippen molar-refractivity contribution in [2.75, 3.05) is 25.6 Å². The number of para-hydroxylation sites is 1. The smallest absolute Gasteiger partial charge is 0.193 e. The minimum Gasteiger partial charge on any atom is -0.491 e. The maximum atomic E-state index is 6.11. The van der Waals surface area contributed by atoms with E-state index in [4.69, 9.17) is 15.2 Å². The van der Waals surface area contributed by atoms with Gasteiger partial charge >= 0.3 is 0 Å². The highest BCUT2D eigenvalue weighted by molar-refractivity contribution is 14.0. The first kappa shape index (κ1) is 23.2. The predicted octanol–water partition coefficient (Wildman–Crippen LogP) is 4.38. The van der Waals surface area contributed by atoms with Gasteiger partial charge in [0, 0.05) is 12.8 Å². The zero-order valence-corrected chi connectivity index (χ0v) is 18.7. The number of aliphatic imine (C=N–C) groups is 1. The number of nitrogens with zero attached hydrogens (tertiary/aromatic N) is 1. The topological polar surface area (TPSA) is 68.9 Å². The van der Waals surface area contributed by atoms with Crippen molar-refractivity contribution in [3.63, 3.8) is 0 Å². The van der Waals surface area contributed by atoms with Gasteiger partial charge in [-0.3, -0.25) is 0 Å². The van der Waals surface area contributed by atoms with Gasteiger partial charge in [0.2, 0.25) is 0 Å². The monoisotopic (exact) mass is 483 g/mol. The van der Waals surface area contributed by atoms with Crippen molar-refractivity contribution in [2.24, 2.45) is 10.7 Å². The first-order valence-corrected chi connectivity index (χ1v) is 9.06. The summed E-state index contributed by atoms with van der Waals surface area (Å²) in [6, 6.07) is 14.2. The van der Waals surface area contributed by atoms with Gasteiger partial charge in [0.15, 0.2) is 5.96 Å². The Labute approximate surface area is 179 Å². The van der Waals surface area contributed by atoms with Crippen LogP contribution in [0.25, 0.3) is 0 Å². The number of ether oxygens (including phenoxy) is 2. The van der Waals surface area contributed by atoms with E-state index in [1.807, 2.05) is 24.3 Å². The zero-order valence-electron chi connectivity index (χ0n) is 16.3. The number of rotatable bonds is 9. The number of anilines is 1. The molecule has 0 heterocycles. The van der Waals surface area contributed by atoms with Crippen LogP contribution in [0, 0.1) is 0 Å². The summed E-state index contributed by atoms with van der Waals surface area (Å²) in [6.45, 7) is 5.93. The number of benzene rings is 2. The van der Waals surface area contributed by atoms with Gasteiger partial charge in [-0.05, 0) is 41.7 Å². The maximum absolute atomic E-state index is 6.11. The summed E-state index contributed by atoms with van der Waals surface area (Å²) in [5.41, 5.74) is 10.8. The molecule has 2 aromatic carbocycles. The molecule has 0 amide bonds. The Balaban J connectivity index is 0.00000364. The molecule has 0 aliphatic carbocycles. The molecule has 148 valence electrons. The minimum absolute atomic E-state index is 0. The first-order chi connectivity index (χ1) is 12.7. The SMILES string of the molecule is CCc1cccc(CC)c1NC(N)=NCc1ccc(OCCOC)cc1.I. The quantitative estimate of drug-likeness (QED) is 0.241.